The minimum absolute atomic E-state index is 0.0548. The van der Waals surface area contributed by atoms with Crippen LogP contribution in [0.2, 0.25) is 0 Å². The summed E-state index contributed by atoms with van der Waals surface area (Å²) in [5.41, 5.74) is 6.00. The maximum Gasteiger partial charge on any atom is 0.508 e. The summed E-state index contributed by atoms with van der Waals surface area (Å²) in [6.07, 6.45) is 12.4. The summed E-state index contributed by atoms with van der Waals surface area (Å²) in [5.74, 6) is -1.45. The van der Waals surface area contributed by atoms with Gasteiger partial charge in [0, 0.05) is 19.9 Å². The summed E-state index contributed by atoms with van der Waals surface area (Å²) in [7, 11) is -2.80. The molecule has 0 aromatic heterocycles. The van der Waals surface area contributed by atoms with Crippen molar-refractivity contribution in [2.75, 3.05) is 46.7 Å². The van der Waals surface area contributed by atoms with Crippen molar-refractivity contribution >= 4 is 32.0 Å². The second-order valence-electron chi connectivity index (χ2n) is 11.0. The summed E-state index contributed by atoms with van der Waals surface area (Å²) in [5, 5.41) is 9.55. The molecule has 14 nitrogen and oxygen atoms in total. The van der Waals surface area contributed by atoms with Gasteiger partial charge in [-0.05, 0) is 19.3 Å². The van der Waals surface area contributed by atoms with E-state index >= 15 is 0 Å². The zero-order valence-electron chi connectivity index (χ0n) is 28.6. The van der Waals surface area contributed by atoms with Gasteiger partial charge >= 0.3 is 26.0 Å². The molecule has 0 aromatic carbocycles. The quantitative estimate of drug-likeness (QED) is 0.0261. The molecule has 0 saturated heterocycles. The molecule has 0 fully saturated rings. The van der Waals surface area contributed by atoms with Crippen molar-refractivity contribution in [3.05, 3.63) is 0 Å². The van der Waals surface area contributed by atoms with Gasteiger partial charge in [0.15, 0.2) is 0 Å². The molecule has 0 amide bonds. The zero-order chi connectivity index (χ0) is 34.5. The van der Waals surface area contributed by atoms with Gasteiger partial charge in [-0.2, -0.15) is 0 Å². The zero-order valence-corrected chi connectivity index (χ0v) is 29.5. The van der Waals surface area contributed by atoms with E-state index in [9.17, 15) is 24.1 Å². The van der Waals surface area contributed by atoms with Gasteiger partial charge in [0.2, 0.25) is 5.96 Å². The van der Waals surface area contributed by atoms with Crippen LogP contribution in [0.4, 0.5) is 9.59 Å². The van der Waals surface area contributed by atoms with E-state index in [1.165, 1.54) is 50.5 Å². The van der Waals surface area contributed by atoms with Crippen LogP contribution in [-0.4, -0.2) is 87.0 Å². The first-order valence-electron chi connectivity index (χ1n) is 16.9. The van der Waals surface area contributed by atoms with Crippen LogP contribution in [0.1, 0.15) is 124 Å². The van der Waals surface area contributed by atoms with Crippen molar-refractivity contribution in [2.45, 2.75) is 130 Å². The Balaban J connectivity index is 4.78. The van der Waals surface area contributed by atoms with E-state index in [0.29, 0.717) is 6.42 Å². The summed E-state index contributed by atoms with van der Waals surface area (Å²) in [4.78, 5) is 36.5. The van der Waals surface area contributed by atoms with Gasteiger partial charge in [-0.3, -0.25) is 9.05 Å². The first kappa shape index (κ1) is 43.4. The summed E-state index contributed by atoms with van der Waals surface area (Å²) < 4.78 is 48.4. The number of carbonyl (C=O) groups excluding carboxylic acids is 2. The van der Waals surface area contributed by atoms with Gasteiger partial charge in [0.05, 0.1) is 39.6 Å². The number of rotatable bonds is 29. The van der Waals surface area contributed by atoms with Gasteiger partial charge < -0.3 is 34.7 Å². The fourth-order valence-electron chi connectivity index (χ4n) is 4.15. The highest BCUT2D eigenvalue weighted by Crippen LogP contribution is 2.50. The van der Waals surface area contributed by atoms with Gasteiger partial charge in [0.1, 0.15) is 6.04 Å². The lowest BCUT2D eigenvalue weighted by atomic mass is 10.1. The molecule has 0 heterocycles. The van der Waals surface area contributed by atoms with Crippen molar-refractivity contribution in [1.29, 1.82) is 0 Å². The van der Waals surface area contributed by atoms with Crippen LogP contribution in [0.25, 0.3) is 0 Å². The van der Waals surface area contributed by atoms with E-state index in [-0.39, 0.29) is 64.9 Å². The highest BCUT2D eigenvalue weighted by molar-refractivity contribution is 7.52. The fourth-order valence-corrected chi connectivity index (χ4v) is 5.46. The maximum atomic E-state index is 13.5. The third-order valence-corrected chi connectivity index (χ3v) is 8.33. The molecule has 0 aromatic rings. The molecule has 1 atom stereocenters. The van der Waals surface area contributed by atoms with E-state index in [1.54, 1.807) is 0 Å². The van der Waals surface area contributed by atoms with Crippen LogP contribution in [-0.2, 0) is 37.4 Å². The van der Waals surface area contributed by atoms with Gasteiger partial charge in [-0.15, -0.1) is 4.76 Å². The number of nitrogens with two attached hydrogens (primary N) is 1. The lowest BCUT2D eigenvalue weighted by molar-refractivity contribution is -0.141. The predicted molar refractivity (Wildman–Crippen MR) is 176 cm³/mol. The van der Waals surface area contributed by atoms with Crippen LogP contribution in [0.5, 0.6) is 0 Å². The molecule has 0 aliphatic carbocycles. The van der Waals surface area contributed by atoms with Crippen molar-refractivity contribution in [3.63, 3.8) is 0 Å². The monoisotopic (exact) mass is 681 g/mol. The number of hydrogen-bond acceptors (Lipinski definition) is 10. The third-order valence-electron chi connectivity index (χ3n) is 6.86. The van der Waals surface area contributed by atoms with Gasteiger partial charge in [-0.1, -0.05) is 91.4 Å². The minimum Gasteiger partial charge on any atom is -0.480 e. The average molecular weight is 682 g/mol. The minimum atomic E-state index is -4.23. The number of hydrogen-bond donors (Lipinski definition) is 2. The average Bonchev–Trinajstić information content (AvgIpc) is 3.01. The normalized spacial score (nSPS) is 12.4. The molecule has 0 rings (SSSR count). The van der Waals surface area contributed by atoms with Crippen LogP contribution < -0.4 is 5.73 Å². The number of unbranched alkanes of at least 4 members (excludes halogenated alkanes) is 10. The first-order chi connectivity index (χ1) is 22.1. The first-order valence-corrected chi connectivity index (χ1v) is 18.4. The number of ether oxygens (including phenoxy) is 4. The van der Waals surface area contributed by atoms with E-state index < -0.39 is 32.1 Å². The van der Waals surface area contributed by atoms with Crippen LogP contribution in [0.3, 0.4) is 0 Å². The third kappa shape index (κ3) is 23.7. The Kier molecular flexibility index (Phi) is 27.0. The Hall–Kier alpha value is -2.57. The Morgan fingerprint density at radius 2 is 1.04 bits per heavy atom. The van der Waals surface area contributed by atoms with Crippen molar-refractivity contribution in [1.82, 2.24) is 4.90 Å². The van der Waals surface area contributed by atoms with Gasteiger partial charge in [-0.25, -0.2) is 18.9 Å². The Morgan fingerprint density at radius 3 is 1.43 bits per heavy atom. The molecule has 3 N–H and O–H groups in total. The molecule has 0 bridgehead atoms. The molecule has 0 spiro atoms. The van der Waals surface area contributed by atoms with Crippen LogP contribution in [0.15, 0.2) is 4.76 Å². The van der Waals surface area contributed by atoms with E-state index in [4.69, 9.17) is 33.7 Å². The maximum absolute atomic E-state index is 13.5. The number of aliphatic carboxylic acids is 1. The Bertz CT molecular complexity index is 848. The van der Waals surface area contributed by atoms with Crippen LogP contribution in [0, 0.1) is 0 Å². The largest absolute Gasteiger partial charge is 0.508 e. The summed E-state index contributed by atoms with van der Waals surface area (Å²) >= 11 is 0. The van der Waals surface area contributed by atoms with Gasteiger partial charge in [0.25, 0.3) is 0 Å². The standard InChI is InChI=1S/C31H60N3O11P/c1-5-8-10-12-14-16-21-40-30(37)42-23-18-25-44-46(39,33-29(32)34(4)27(20-7-3)28(35)36)45-26-19-24-43-31(38)41-22-17-15-13-11-9-6-2/h27H,5-26H2,1-4H3,(H,35,36)(H2,32,33,39). The number of carboxylic acids is 1. The predicted octanol–water partition coefficient (Wildman–Crippen LogP) is 7.44. The number of carbonyl (C=O) groups is 3. The Labute approximate surface area is 275 Å². The molecule has 1 unspecified atom stereocenters. The van der Waals surface area contributed by atoms with E-state index in [2.05, 4.69) is 18.6 Å². The Morgan fingerprint density at radius 1 is 0.652 bits per heavy atom. The molecule has 0 saturated carbocycles. The number of guanidine groups is 1. The lowest BCUT2D eigenvalue weighted by Crippen LogP contribution is -2.46. The highest BCUT2D eigenvalue weighted by atomic mass is 31.2. The number of nitrogens with zero attached hydrogens (tertiary/aromatic N) is 2. The molecular weight excluding hydrogens is 621 g/mol. The number of carboxylic acid groups (broad SMARTS) is 1. The fraction of sp³-hybridized carbons (Fsp3) is 0.871. The van der Waals surface area contributed by atoms with Crippen LogP contribution >= 0.6 is 7.75 Å². The van der Waals surface area contributed by atoms with Crippen molar-refractivity contribution in [2.24, 2.45) is 10.5 Å². The second kappa shape index (κ2) is 28.6. The smallest absolute Gasteiger partial charge is 0.480 e. The molecule has 46 heavy (non-hydrogen) atoms. The molecule has 15 heteroatoms. The molecule has 0 aliphatic rings. The summed E-state index contributed by atoms with van der Waals surface area (Å²) in [6.45, 7) is 6.25. The second-order valence-corrected chi connectivity index (χ2v) is 12.6. The SMILES string of the molecule is CCCCCCCCOC(=O)OCCCOP(=O)(N=C(N)N(C)C(CCC)C(=O)O)OCCCOC(=O)OCCCCCCCC. The van der Waals surface area contributed by atoms with E-state index in [1.807, 2.05) is 6.92 Å². The molecular formula is C31H60N3O11P. The van der Waals surface area contributed by atoms with Crippen molar-refractivity contribution < 1.29 is 52.1 Å². The highest BCUT2D eigenvalue weighted by Gasteiger charge is 2.29. The molecule has 270 valence electrons. The summed E-state index contributed by atoms with van der Waals surface area (Å²) in [6, 6.07) is -0.992. The van der Waals surface area contributed by atoms with Crippen molar-refractivity contribution in [3.8, 4) is 0 Å². The lowest BCUT2D eigenvalue weighted by Gasteiger charge is -2.26. The molecule has 0 aliphatic heterocycles. The molecule has 0 radical (unpaired) electrons. The van der Waals surface area contributed by atoms with E-state index in [0.717, 1.165) is 38.5 Å². The topological polar surface area (TPSA) is 186 Å². The number of likely N-dealkylation sites (N-methyl/N-ethyl adjacent to an activating group) is 1.